The third kappa shape index (κ3) is 4.15. The van der Waals surface area contributed by atoms with E-state index >= 15 is 0 Å². The maximum Gasteiger partial charge on any atom is 0.259 e. The molecule has 2 N–H and O–H groups in total. The van der Waals surface area contributed by atoms with Crippen molar-refractivity contribution >= 4 is 24.2 Å². The largest absolute Gasteiger partial charge is 0.337 e. The summed E-state index contributed by atoms with van der Waals surface area (Å²) in [5, 5.41) is 0. The van der Waals surface area contributed by atoms with Gasteiger partial charge in [0, 0.05) is 26.2 Å². The fourth-order valence-electron chi connectivity index (χ4n) is 3.21. The molecule has 0 bridgehead atoms. The van der Waals surface area contributed by atoms with Gasteiger partial charge in [-0.05, 0) is 24.6 Å². The molecule has 3 rings (SSSR count). The zero-order valence-electron chi connectivity index (χ0n) is 15.4. The molecule has 0 spiro atoms. The Balaban J connectivity index is 0.00000280. The third-order valence-corrected chi connectivity index (χ3v) is 4.85. The van der Waals surface area contributed by atoms with Crippen LogP contribution in [0, 0.1) is 11.6 Å². The molecule has 1 aliphatic heterocycles. The van der Waals surface area contributed by atoms with Crippen LogP contribution in [-0.4, -0.2) is 47.8 Å². The molecule has 8 heteroatoms. The number of hydrogen-bond acceptors (Lipinski definition) is 3. The first-order valence-electron chi connectivity index (χ1n) is 8.69. The van der Waals surface area contributed by atoms with Gasteiger partial charge in [0.25, 0.3) is 5.91 Å². The monoisotopic (exact) mass is 409 g/mol. The van der Waals surface area contributed by atoms with Crippen LogP contribution >= 0.6 is 12.4 Å². The Kier molecular flexibility index (Phi) is 6.74. The van der Waals surface area contributed by atoms with Crippen LogP contribution in [0.3, 0.4) is 0 Å². The van der Waals surface area contributed by atoms with Gasteiger partial charge < -0.3 is 15.5 Å². The van der Waals surface area contributed by atoms with Crippen molar-refractivity contribution in [2.45, 2.75) is 12.5 Å². The molecule has 0 aromatic heterocycles. The lowest BCUT2D eigenvalue weighted by molar-refractivity contribution is -0.138. The van der Waals surface area contributed by atoms with Crippen molar-refractivity contribution < 1.29 is 18.4 Å². The van der Waals surface area contributed by atoms with Gasteiger partial charge in [-0.2, -0.15) is 0 Å². The summed E-state index contributed by atoms with van der Waals surface area (Å²) >= 11 is 0. The molecule has 2 amide bonds. The predicted molar refractivity (Wildman–Crippen MR) is 104 cm³/mol. The third-order valence-electron chi connectivity index (χ3n) is 4.85. The summed E-state index contributed by atoms with van der Waals surface area (Å²) in [6, 6.07) is 12.4. The van der Waals surface area contributed by atoms with Crippen LogP contribution in [0.1, 0.15) is 22.8 Å². The average molecular weight is 410 g/mol. The maximum atomic E-state index is 13.8. The van der Waals surface area contributed by atoms with Gasteiger partial charge in [0.15, 0.2) is 0 Å². The minimum absolute atomic E-state index is 0. The first-order valence-corrected chi connectivity index (χ1v) is 8.69. The van der Waals surface area contributed by atoms with Crippen molar-refractivity contribution in [1.82, 2.24) is 9.80 Å². The number of carbonyl (C=O) groups excluding carboxylic acids is 2. The summed E-state index contributed by atoms with van der Waals surface area (Å²) in [4.78, 5) is 28.2. The summed E-state index contributed by atoms with van der Waals surface area (Å²) in [6.07, 6.45) is 0. The number of piperazine rings is 1. The van der Waals surface area contributed by atoms with E-state index < -0.39 is 28.6 Å². The van der Waals surface area contributed by atoms with E-state index in [9.17, 15) is 18.4 Å². The predicted octanol–water partition coefficient (Wildman–Crippen LogP) is 2.55. The zero-order valence-corrected chi connectivity index (χ0v) is 16.2. The number of halogens is 3. The number of carbonyl (C=O) groups is 2. The van der Waals surface area contributed by atoms with E-state index in [4.69, 9.17) is 5.73 Å². The Bertz CT molecular complexity index is 834. The van der Waals surface area contributed by atoms with Gasteiger partial charge in [0.05, 0.1) is 0 Å². The number of hydrogen-bond donors (Lipinski definition) is 1. The number of amides is 2. The molecule has 1 atom stereocenters. The number of rotatable bonds is 3. The van der Waals surface area contributed by atoms with Crippen LogP contribution in [0.15, 0.2) is 48.5 Å². The van der Waals surface area contributed by atoms with E-state index in [-0.39, 0.29) is 44.5 Å². The second-order valence-electron chi connectivity index (χ2n) is 6.75. The Morgan fingerprint density at radius 2 is 1.39 bits per heavy atom. The molecular formula is C20H22ClF2N3O2. The van der Waals surface area contributed by atoms with Crippen LogP contribution in [0.5, 0.6) is 0 Å². The molecule has 0 aliphatic carbocycles. The molecule has 150 valence electrons. The minimum atomic E-state index is -1.19. The van der Waals surface area contributed by atoms with Crippen molar-refractivity contribution in [3.63, 3.8) is 0 Å². The fraction of sp³-hybridized carbons (Fsp3) is 0.300. The summed E-state index contributed by atoms with van der Waals surface area (Å²) < 4.78 is 27.7. The van der Waals surface area contributed by atoms with Gasteiger partial charge in [-0.1, -0.05) is 36.4 Å². The van der Waals surface area contributed by atoms with Crippen LogP contribution in [0.4, 0.5) is 8.78 Å². The molecule has 0 saturated carbocycles. The van der Waals surface area contributed by atoms with Crippen LogP contribution < -0.4 is 5.73 Å². The lowest BCUT2D eigenvalue weighted by Gasteiger charge is -2.38. The average Bonchev–Trinajstić information content (AvgIpc) is 2.68. The first kappa shape index (κ1) is 21.8. The highest BCUT2D eigenvalue weighted by Crippen LogP contribution is 2.22. The molecule has 5 nitrogen and oxygen atoms in total. The smallest absolute Gasteiger partial charge is 0.259 e. The topological polar surface area (TPSA) is 66.6 Å². The zero-order chi connectivity index (χ0) is 19.6. The molecule has 1 unspecified atom stereocenters. The number of benzene rings is 2. The summed E-state index contributed by atoms with van der Waals surface area (Å²) in [5.41, 5.74) is 5.21. The molecule has 1 aliphatic rings. The van der Waals surface area contributed by atoms with E-state index in [0.717, 1.165) is 12.1 Å². The van der Waals surface area contributed by atoms with Crippen molar-refractivity contribution in [1.29, 1.82) is 0 Å². The Labute approximate surface area is 168 Å². The van der Waals surface area contributed by atoms with Crippen molar-refractivity contribution in [2.24, 2.45) is 5.73 Å². The lowest BCUT2D eigenvalue weighted by atomic mass is 9.91. The van der Waals surface area contributed by atoms with Gasteiger partial charge in [-0.3, -0.25) is 9.59 Å². The van der Waals surface area contributed by atoms with Gasteiger partial charge in [-0.25, -0.2) is 8.78 Å². The second-order valence-corrected chi connectivity index (χ2v) is 6.75. The highest BCUT2D eigenvalue weighted by atomic mass is 35.5. The van der Waals surface area contributed by atoms with Crippen molar-refractivity contribution in [2.75, 3.05) is 26.2 Å². The molecule has 1 saturated heterocycles. The molecular weight excluding hydrogens is 388 g/mol. The molecule has 1 heterocycles. The highest BCUT2D eigenvalue weighted by molar-refractivity contribution is 5.95. The van der Waals surface area contributed by atoms with Crippen LogP contribution in [0.25, 0.3) is 0 Å². The van der Waals surface area contributed by atoms with E-state index in [1.165, 1.54) is 11.0 Å². The van der Waals surface area contributed by atoms with Gasteiger partial charge in [0.2, 0.25) is 5.91 Å². The van der Waals surface area contributed by atoms with E-state index in [1.807, 2.05) is 18.2 Å². The fourth-order valence-corrected chi connectivity index (χ4v) is 3.21. The quantitative estimate of drug-likeness (QED) is 0.847. The van der Waals surface area contributed by atoms with Crippen LogP contribution in [-0.2, 0) is 10.3 Å². The first-order chi connectivity index (χ1) is 12.8. The molecule has 2 aromatic rings. The summed E-state index contributed by atoms with van der Waals surface area (Å²) in [6.45, 7) is 2.52. The molecule has 1 fully saturated rings. The number of nitrogens with zero attached hydrogens (tertiary/aromatic N) is 2. The molecule has 2 aromatic carbocycles. The van der Waals surface area contributed by atoms with Gasteiger partial charge >= 0.3 is 0 Å². The van der Waals surface area contributed by atoms with E-state index in [2.05, 4.69) is 0 Å². The van der Waals surface area contributed by atoms with Gasteiger partial charge in [0.1, 0.15) is 22.7 Å². The summed E-state index contributed by atoms with van der Waals surface area (Å²) in [5.74, 6) is -2.75. The van der Waals surface area contributed by atoms with Crippen LogP contribution in [0.2, 0.25) is 0 Å². The van der Waals surface area contributed by atoms with E-state index in [0.29, 0.717) is 5.56 Å². The normalized spacial score (nSPS) is 16.1. The Morgan fingerprint density at radius 3 is 1.93 bits per heavy atom. The van der Waals surface area contributed by atoms with Gasteiger partial charge in [-0.15, -0.1) is 12.4 Å². The SMILES string of the molecule is CC(N)(C(=O)N1CCN(C(=O)c2c(F)cccc2F)CC1)c1ccccc1.Cl. The van der Waals surface area contributed by atoms with Crippen molar-refractivity contribution in [3.05, 3.63) is 71.3 Å². The maximum absolute atomic E-state index is 13.8. The minimum Gasteiger partial charge on any atom is -0.337 e. The van der Waals surface area contributed by atoms with E-state index in [1.54, 1.807) is 24.0 Å². The summed E-state index contributed by atoms with van der Waals surface area (Å²) in [7, 11) is 0. The molecule has 28 heavy (non-hydrogen) atoms. The molecule has 0 radical (unpaired) electrons. The standard InChI is InChI=1S/C20H21F2N3O2.ClH/c1-20(23,14-6-3-2-4-7-14)19(27)25-12-10-24(11-13-25)18(26)17-15(21)8-5-9-16(17)22;/h2-9H,10-13,23H2,1H3;1H. The Morgan fingerprint density at radius 1 is 0.893 bits per heavy atom. The highest BCUT2D eigenvalue weighted by Gasteiger charge is 2.36. The second kappa shape index (κ2) is 8.67. The number of nitrogens with two attached hydrogens (primary N) is 1. The Hall–Kier alpha value is -2.51. The van der Waals surface area contributed by atoms with Crippen molar-refractivity contribution in [3.8, 4) is 0 Å². The lowest BCUT2D eigenvalue weighted by Crippen LogP contribution is -2.57.